The highest BCUT2D eigenvalue weighted by molar-refractivity contribution is 6.35. The van der Waals surface area contributed by atoms with Gasteiger partial charge in [-0.1, -0.05) is 23.7 Å². The van der Waals surface area contributed by atoms with Crippen molar-refractivity contribution < 1.29 is 9.53 Å². The molecule has 5 nitrogen and oxygen atoms in total. The molecule has 4 rings (SSSR count). The summed E-state index contributed by atoms with van der Waals surface area (Å²) in [5.41, 5.74) is 1.60. The topological polar surface area (TPSA) is 37.7 Å². The molecule has 1 aromatic heterocycles. The first-order valence-electron chi connectivity index (χ1n) is 8.36. The van der Waals surface area contributed by atoms with Gasteiger partial charge in [-0.15, -0.1) is 0 Å². The zero-order chi connectivity index (χ0) is 16.8. The molecule has 0 radical (unpaired) electrons. The van der Waals surface area contributed by atoms with E-state index in [0.29, 0.717) is 23.2 Å². The summed E-state index contributed by atoms with van der Waals surface area (Å²) in [6.45, 7) is 3.92. The summed E-state index contributed by atoms with van der Waals surface area (Å²) in [4.78, 5) is 17.6. The number of ether oxygens (including phenoxy) is 1. The third-order valence-electron chi connectivity index (χ3n) is 5.14. The maximum Gasteiger partial charge on any atom is 0.270 e. The molecule has 0 aliphatic carbocycles. The molecule has 0 N–H and O–H groups in total. The number of aryl methyl sites for hydroxylation is 1. The van der Waals surface area contributed by atoms with Crippen LogP contribution in [0.2, 0.25) is 5.02 Å². The lowest BCUT2D eigenvalue weighted by molar-refractivity contribution is 0.0478. The Morgan fingerprint density at radius 2 is 2.04 bits per heavy atom. The number of halogens is 1. The molecule has 0 spiro atoms. The molecule has 24 heavy (non-hydrogen) atoms. The quantitative estimate of drug-likeness (QED) is 0.794. The van der Waals surface area contributed by atoms with Crippen molar-refractivity contribution in [3.8, 4) is 0 Å². The first kappa shape index (κ1) is 15.9. The summed E-state index contributed by atoms with van der Waals surface area (Å²) < 4.78 is 7.70. The Labute approximate surface area is 146 Å². The maximum absolute atomic E-state index is 13.3. The Balaban J connectivity index is 1.73. The lowest BCUT2D eigenvalue weighted by atomic mass is 10.1. The van der Waals surface area contributed by atoms with Crippen molar-refractivity contribution in [1.29, 1.82) is 0 Å². The van der Waals surface area contributed by atoms with E-state index in [2.05, 4.69) is 11.9 Å². The number of aromatic nitrogens is 1. The molecule has 128 valence electrons. The van der Waals surface area contributed by atoms with Gasteiger partial charge in [0.1, 0.15) is 5.69 Å². The van der Waals surface area contributed by atoms with Crippen LogP contribution in [0.4, 0.5) is 0 Å². The molecule has 2 aliphatic rings. The lowest BCUT2D eigenvalue weighted by Gasteiger charge is -2.29. The minimum absolute atomic E-state index is 0.0700. The molecule has 2 saturated heterocycles. The van der Waals surface area contributed by atoms with Gasteiger partial charge in [0, 0.05) is 38.0 Å². The number of hydrogen-bond donors (Lipinski definition) is 0. The average Bonchev–Trinajstić information content (AvgIpc) is 2.67. The third kappa shape index (κ3) is 2.61. The van der Waals surface area contributed by atoms with Gasteiger partial charge in [-0.2, -0.15) is 0 Å². The Hall–Kier alpha value is -1.56. The predicted molar refractivity (Wildman–Crippen MR) is 94.6 cm³/mol. The summed E-state index contributed by atoms with van der Waals surface area (Å²) in [6, 6.07) is 7.82. The normalized spacial score (nSPS) is 25.0. The van der Waals surface area contributed by atoms with Crippen LogP contribution in [0.25, 0.3) is 10.9 Å². The number of benzene rings is 1. The molecule has 3 heterocycles. The molecule has 1 aromatic carbocycles. The van der Waals surface area contributed by atoms with Crippen molar-refractivity contribution >= 4 is 28.4 Å². The first-order valence-corrected chi connectivity index (χ1v) is 8.73. The summed E-state index contributed by atoms with van der Waals surface area (Å²) in [7, 11) is 4.03. The molecule has 2 aromatic rings. The second-order valence-corrected chi connectivity index (χ2v) is 7.41. The van der Waals surface area contributed by atoms with E-state index in [1.807, 2.05) is 40.8 Å². The Kier molecular flexibility index (Phi) is 4.03. The van der Waals surface area contributed by atoms with Gasteiger partial charge >= 0.3 is 0 Å². The Bertz CT molecular complexity index is 788. The van der Waals surface area contributed by atoms with Crippen LogP contribution in [0.5, 0.6) is 0 Å². The molecule has 2 bridgehead atoms. The monoisotopic (exact) mass is 347 g/mol. The highest BCUT2D eigenvalue weighted by Gasteiger charge is 2.36. The Morgan fingerprint density at radius 1 is 1.21 bits per heavy atom. The van der Waals surface area contributed by atoms with E-state index in [-0.39, 0.29) is 11.9 Å². The molecule has 1 amide bonds. The standard InChI is InChI=1S/C18H22ClN3O2/c1-20-7-12-8-22(14(9-20)11-24-10-12)18(23)16-6-13-4-3-5-15(19)17(13)21(16)2/h3-6,12,14H,7-11H2,1-2H3/t12-,14-/m0/s1. The maximum atomic E-state index is 13.3. The van der Waals surface area contributed by atoms with Crippen molar-refractivity contribution in [1.82, 2.24) is 14.4 Å². The van der Waals surface area contributed by atoms with Gasteiger partial charge in [0.05, 0.1) is 29.8 Å². The number of hydrogen-bond acceptors (Lipinski definition) is 3. The van der Waals surface area contributed by atoms with E-state index >= 15 is 0 Å². The number of carbonyl (C=O) groups is 1. The van der Waals surface area contributed by atoms with Gasteiger partial charge < -0.3 is 19.1 Å². The number of amides is 1. The number of carbonyl (C=O) groups excluding carboxylic acids is 1. The van der Waals surface area contributed by atoms with Crippen molar-refractivity contribution in [2.24, 2.45) is 13.0 Å². The number of para-hydroxylation sites is 1. The van der Waals surface area contributed by atoms with Gasteiger partial charge in [0.2, 0.25) is 0 Å². The van der Waals surface area contributed by atoms with Crippen molar-refractivity contribution in [2.75, 3.05) is 39.9 Å². The fraction of sp³-hybridized carbons (Fsp3) is 0.500. The summed E-state index contributed by atoms with van der Waals surface area (Å²) in [5.74, 6) is 0.435. The summed E-state index contributed by atoms with van der Waals surface area (Å²) in [6.07, 6.45) is 0. The lowest BCUT2D eigenvalue weighted by Crippen LogP contribution is -2.46. The van der Waals surface area contributed by atoms with Crippen LogP contribution in [0.3, 0.4) is 0 Å². The van der Waals surface area contributed by atoms with Crippen LogP contribution in [0.15, 0.2) is 24.3 Å². The molecule has 2 atom stereocenters. The third-order valence-corrected chi connectivity index (χ3v) is 5.44. The minimum Gasteiger partial charge on any atom is -0.379 e. The SMILES string of the molecule is CN1C[C@@H]2COC[C@H](C1)N(C(=O)c1cc3cccc(Cl)c3n1C)C2. The van der Waals surface area contributed by atoms with Gasteiger partial charge in [-0.3, -0.25) is 4.79 Å². The van der Waals surface area contributed by atoms with Crippen LogP contribution in [0.1, 0.15) is 10.5 Å². The number of nitrogens with zero attached hydrogens (tertiary/aromatic N) is 3. The molecule has 2 aliphatic heterocycles. The molecular weight excluding hydrogens is 326 g/mol. The summed E-state index contributed by atoms with van der Waals surface area (Å²) in [5, 5.41) is 1.67. The predicted octanol–water partition coefficient (Wildman–Crippen LogP) is 2.23. The molecule has 2 fully saturated rings. The molecule has 0 saturated carbocycles. The van der Waals surface area contributed by atoms with E-state index in [9.17, 15) is 4.79 Å². The second-order valence-electron chi connectivity index (χ2n) is 7.00. The molecular formula is C18H22ClN3O2. The highest BCUT2D eigenvalue weighted by atomic mass is 35.5. The van der Waals surface area contributed by atoms with Crippen LogP contribution in [0, 0.1) is 5.92 Å². The average molecular weight is 348 g/mol. The van der Waals surface area contributed by atoms with E-state index in [1.165, 1.54) is 0 Å². The van der Waals surface area contributed by atoms with Gasteiger partial charge in [0.25, 0.3) is 5.91 Å². The zero-order valence-corrected chi connectivity index (χ0v) is 14.8. The second kappa shape index (κ2) is 6.06. The fourth-order valence-electron chi connectivity index (χ4n) is 4.05. The number of fused-ring (bicyclic) bond motifs is 4. The van der Waals surface area contributed by atoms with Crippen molar-refractivity contribution in [2.45, 2.75) is 6.04 Å². The van der Waals surface area contributed by atoms with E-state index in [4.69, 9.17) is 16.3 Å². The number of likely N-dealkylation sites (N-methyl/N-ethyl adjacent to an activating group) is 1. The molecule has 6 heteroatoms. The summed E-state index contributed by atoms with van der Waals surface area (Å²) >= 11 is 6.33. The van der Waals surface area contributed by atoms with E-state index in [0.717, 1.165) is 37.1 Å². The van der Waals surface area contributed by atoms with Gasteiger partial charge in [-0.25, -0.2) is 0 Å². The highest BCUT2D eigenvalue weighted by Crippen LogP contribution is 2.28. The smallest absolute Gasteiger partial charge is 0.270 e. The minimum atomic E-state index is 0.0700. The van der Waals surface area contributed by atoms with E-state index < -0.39 is 0 Å². The largest absolute Gasteiger partial charge is 0.379 e. The first-order chi connectivity index (χ1) is 11.5. The van der Waals surface area contributed by atoms with Crippen LogP contribution >= 0.6 is 11.6 Å². The van der Waals surface area contributed by atoms with Crippen LogP contribution in [-0.4, -0.2) is 66.2 Å². The number of rotatable bonds is 1. The van der Waals surface area contributed by atoms with E-state index in [1.54, 1.807) is 0 Å². The van der Waals surface area contributed by atoms with Crippen LogP contribution < -0.4 is 0 Å². The van der Waals surface area contributed by atoms with Gasteiger partial charge in [0.15, 0.2) is 0 Å². The molecule has 0 unspecified atom stereocenters. The van der Waals surface area contributed by atoms with Gasteiger partial charge in [-0.05, 0) is 19.2 Å². The zero-order valence-electron chi connectivity index (χ0n) is 14.0. The van der Waals surface area contributed by atoms with Crippen molar-refractivity contribution in [3.63, 3.8) is 0 Å². The fourth-order valence-corrected chi connectivity index (χ4v) is 4.35. The Morgan fingerprint density at radius 3 is 2.83 bits per heavy atom. The van der Waals surface area contributed by atoms with Crippen LogP contribution in [-0.2, 0) is 11.8 Å². The van der Waals surface area contributed by atoms with Crippen molar-refractivity contribution in [3.05, 3.63) is 35.0 Å².